The number of aromatic nitrogens is 1. The molecule has 4 aromatic rings. The zero-order valence-electron chi connectivity index (χ0n) is 21.2. The maximum Gasteiger partial charge on any atom is 0.340 e. The molecule has 1 amide bonds. The molecule has 3 aromatic carbocycles. The molecule has 2 heterocycles. The summed E-state index contributed by atoms with van der Waals surface area (Å²) in [7, 11) is 0. The Balaban J connectivity index is 1.44. The van der Waals surface area contributed by atoms with Gasteiger partial charge in [-0.25, -0.2) is 4.79 Å². The van der Waals surface area contributed by atoms with Crippen molar-refractivity contribution in [3.63, 3.8) is 0 Å². The molecule has 1 atom stereocenters. The number of fused-ring (bicyclic) bond motifs is 2. The molecule has 0 bridgehead atoms. The van der Waals surface area contributed by atoms with Gasteiger partial charge in [-0.3, -0.25) is 14.7 Å². The molecule has 5 rings (SSSR count). The first-order valence-corrected chi connectivity index (χ1v) is 12.8. The average Bonchev–Trinajstić information content (AvgIpc) is 2.92. The number of nitrogens with zero attached hydrogens (tertiary/aromatic N) is 2. The van der Waals surface area contributed by atoms with E-state index in [2.05, 4.69) is 22.3 Å². The van der Waals surface area contributed by atoms with Crippen LogP contribution in [0.4, 0.5) is 5.69 Å². The second-order valence-corrected chi connectivity index (χ2v) is 9.48. The van der Waals surface area contributed by atoms with E-state index in [1.165, 1.54) is 5.56 Å². The number of aryl methyl sites for hydroxylation is 1. The van der Waals surface area contributed by atoms with Gasteiger partial charge >= 0.3 is 5.97 Å². The largest absolute Gasteiger partial charge is 0.449 e. The third-order valence-corrected chi connectivity index (χ3v) is 6.89. The number of rotatable bonds is 7. The second-order valence-electron chi connectivity index (χ2n) is 9.48. The number of carbonyl (C=O) groups excluding carboxylic acids is 2. The number of amides is 1. The summed E-state index contributed by atoms with van der Waals surface area (Å²) in [5.41, 5.74) is 5.98. The molecule has 6 nitrogen and oxygen atoms in total. The van der Waals surface area contributed by atoms with Gasteiger partial charge in [-0.2, -0.15) is 0 Å². The molecule has 188 valence electrons. The molecular weight excluding hydrogens is 462 g/mol. The molecule has 0 radical (unpaired) electrons. The van der Waals surface area contributed by atoms with Crippen LogP contribution in [0.15, 0.2) is 78.9 Å². The molecule has 0 fully saturated rings. The van der Waals surface area contributed by atoms with Crippen LogP contribution in [0.25, 0.3) is 10.9 Å². The number of nitrogens with one attached hydrogen (secondary N) is 1. The number of hydrogen-bond donors (Lipinski definition) is 1. The van der Waals surface area contributed by atoms with Crippen LogP contribution < -0.4 is 5.32 Å². The summed E-state index contributed by atoms with van der Waals surface area (Å²) in [4.78, 5) is 34.0. The van der Waals surface area contributed by atoms with Crippen molar-refractivity contribution in [2.75, 3.05) is 11.9 Å². The van der Waals surface area contributed by atoms with Crippen LogP contribution in [-0.2, 0) is 29.0 Å². The van der Waals surface area contributed by atoms with Gasteiger partial charge < -0.3 is 10.1 Å². The Morgan fingerprint density at radius 1 is 1.00 bits per heavy atom. The Bertz CT molecular complexity index is 1430. The number of benzene rings is 3. The molecule has 37 heavy (non-hydrogen) atoms. The van der Waals surface area contributed by atoms with Crippen molar-refractivity contribution in [3.8, 4) is 0 Å². The van der Waals surface area contributed by atoms with Gasteiger partial charge in [0.25, 0.3) is 5.91 Å². The summed E-state index contributed by atoms with van der Waals surface area (Å²) in [5, 5.41) is 3.67. The van der Waals surface area contributed by atoms with Gasteiger partial charge in [0.1, 0.15) is 0 Å². The minimum Gasteiger partial charge on any atom is -0.449 e. The Morgan fingerprint density at radius 2 is 1.73 bits per heavy atom. The van der Waals surface area contributed by atoms with Crippen LogP contribution in [0.1, 0.15) is 46.1 Å². The first-order chi connectivity index (χ1) is 18.0. The Hall–Kier alpha value is -4.03. The van der Waals surface area contributed by atoms with E-state index in [0.29, 0.717) is 24.2 Å². The van der Waals surface area contributed by atoms with E-state index in [1.807, 2.05) is 80.6 Å². The lowest BCUT2D eigenvalue weighted by molar-refractivity contribution is -0.124. The Kier molecular flexibility index (Phi) is 7.28. The monoisotopic (exact) mass is 493 g/mol. The smallest absolute Gasteiger partial charge is 0.340 e. The number of hydrogen-bond acceptors (Lipinski definition) is 5. The van der Waals surface area contributed by atoms with Crippen LogP contribution in [0.5, 0.6) is 0 Å². The highest BCUT2D eigenvalue weighted by Crippen LogP contribution is 2.30. The van der Waals surface area contributed by atoms with Crippen LogP contribution >= 0.6 is 0 Å². The van der Waals surface area contributed by atoms with Crippen molar-refractivity contribution in [2.24, 2.45) is 0 Å². The fourth-order valence-corrected chi connectivity index (χ4v) is 4.89. The summed E-state index contributed by atoms with van der Waals surface area (Å²) < 4.78 is 5.89. The summed E-state index contributed by atoms with van der Waals surface area (Å²) in [6, 6.07) is 25.5. The molecular formula is C31H31N3O3. The number of ether oxygens (including phenoxy) is 1. The van der Waals surface area contributed by atoms with E-state index in [9.17, 15) is 9.59 Å². The molecule has 0 spiro atoms. The topological polar surface area (TPSA) is 71.5 Å². The maximum atomic E-state index is 13.7. The van der Waals surface area contributed by atoms with Crippen LogP contribution in [0.3, 0.4) is 0 Å². The predicted molar refractivity (Wildman–Crippen MR) is 145 cm³/mol. The predicted octanol–water partition coefficient (Wildman–Crippen LogP) is 5.68. The molecule has 0 aliphatic carbocycles. The number of para-hydroxylation sites is 2. The van der Waals surface area contributed by atoms with Crippen LogP contribution in [-0.4, -0.2) is 34.4 Å². The van der Waals surface area contributed by atoms with Gasteiger partial charge in [-0.05, 0) is 36.6 Å². The summed E-state index contributed by atoms with van der Waals surface area (Å²) in [6.45, 7) is 6.02. The van der Waals surface area contributed by atoms with E-state index < -0.39 is 12.1 Å². The van der Waals surface area contributed by atoms with Crippen molar-refractivity contribution < 1.29 is 14.3 Å². The number of esters is 1. The van der Waals surface area contributed by atoms with Gasteiger partial charge in [-0.15, -0.1) is 0 Å². The van der Waals surface area contributed by atoms with Crippen molar-refractivity contribution in [3.05, 3.63) is 107 Å². The molecule has 1 aliphatic rings. The standard InChI is InChI=1S/C31H31N3O3/c1-3-28(30(35)33-25-15-9-7-11-21(25)2)37-31(36)29-23-14-8-10-16-26(23)32-27-17-18-34(20-24(27)29)19-22-12-5-4-6-13-22/h4-16,28H,3,17-20H2,1-2H3,(H,33,35). The highest BCUT2D eigenvalue weighted by atomic mass is 16.5. The first kappa shape index (κ1) is 24.7. The van der Waals surface area contributed by atoms with Crippen molar-refractivity contribution in [1.82, 2.24) is 9.88 Å². The Labute approximate surface area is 217 Å². The fraction of sp³-hybridized carbons (Fsp3) is 0.258. The summed E-state index contributed by atoms with van der Waals surface area (Å²) >= 11 is 0. The highest BCUT2D eigenvalue weighted by Gasteiger charge is 2.29. The van der Waals surface area contributed by atoms with Crippen molar-refractivity contribution in [2.45, 2.75) is 45.9 Å². The van der Waals surface area contributed by atoms with E-state index in [0.717, 1.165) is 47.2 Å². The van der Waals surface area contributed by atoms with E-state index in [4.69, 9.17) is 9.72 Å². The number of carbonyl (C=O) groups is 2. The van der Waals surface area contributed by atoms with Gasteiger partial charge in [0.2, 0.25) is 0 Å². The van der Waals surface area contributed by atoms with E-state index in [-0.39, 0.29) is 5.91 Å². The average molecular weight is 494 g/mol. The van der Waals surface area contributed by atoms with E-state index in [1.54, 1.807) is 0 Å². The highest BCUT2D eigenvalue weighted by molar-refractivity contribution is 6.06. The van der Waals surface area contributed by atoms with Gasteiger partial charge in [0.05, 0.1) is 11.1 Å². The lowest BCUT2D eigenvalue weighted by Crippen LogP contribution is -2.35. The normalized spacial score (nSPS) is 14.1. The third-order valence-electron chi connectivity index (χ3n) is 6.89. The molecule has 1 aliphatic heterocycles. The number of pyridine rings is 1. The third kappa shape index (κ3) is 5.39. The molecule has 1 unspecified atom stereocenters. The van der Waals surface area contributed by atoms with Gasteiger partial charge in [-0.1, -0.05) is 73.7 Å². The summed E-state index contributed by atoms with van der Waals surface area (Å²) in [5.74, 6) is -0.814. The minimum absolute atomic E-state index is 0.330. The SMILES string of the molecule is CCC(OC(=O)c1c2c(nc3ccccc13)CCN(Cc1ccccc1)C2)C(=O)Nc1ccccc1C. The first-order valence-electron chi connectivity index (χ1n) is 12.8. The lowest BCUT2D eigenvalue weighted by Gasteiger charge is -2.30. The van der Waals surface area contributed by atoms with E-state index >= 15 is 0 Å². The zero-order chi connectivity index (χ0) is 25.8. The second kappa shape index (κ2) is 10.9. The maximum absolute atomic E-state index is 13.7. The van der Waals surface area contributed by atoms with Crippen molar-refractivity contribution >= 4 is 28.5 Å². The lowest BCUT2D eigenvalue weighted by atomic mass is 9.95. The molecule has 0 saturated heterocycles. The fourth-order valence-electron chi connectivity index (χ4n) is 4.89. The van der Waals surface area contributed by atoms with Crippen LogP contribution in [0, 0.1) is 6.92 Å². The molecule has 1 aromatic heterocycles. The van der Waals surface area contributed by atoms with Gasteiger partial charge in [0.15, 0.2) is 6.10 Å². The Morgan fingerprint density at radius 3 is 2.51 bits per heavy atom. The molecule has 6 heteroatoms. The molecule has 0 saturated carbocycles. The van der Waals surface area contributed by atoms with Gasteiger partial charge in [0, 0.05) is 48.4 Å². The minimum atomic E-state index is -0.904. The zero-order valence-corrected chi connectivity index (χ0v) is 21.2. The van der Waals surface area contributed by atoms with Crippen molar-refractivity contribution in [1.29, 1.82) is 0 Å². The summed E-state index contributed by atoms with van der Waals surface area (Å²) in [6.07, 6.45) is 0.214. The molecule has 1 N–H and O–H groups in total. The quantitative estimate of drug-likeness (QED) is 0.336. The number of anilines is 1. The van der Waals surface area contributed by atoms with Crippen LogP contribution in [0.2, 0.25) is 0 Å².